The maximum absolute atomic E-state index is 13.3. The second-order valence-electron chi connectivity index (χ2n) is 5.95. The second-order valence-corrected chi connectivity index (χ2v) is 7.22. The Bertz CT molecular complexity index is 1100. The van der Waals surface area contributed by atoms with E-state index < -0.39 is 0 Å². The summed E-state index contributed by atoms with van der Waals surface area (Å²) in [5.41, 5.74) is 3.86. The first-order valence-electron chi connectivity index (χ1n) is 8.32. The summed E-state index contributed by atoms with van der Waals surface area (Å²) in [4.78, 5) is 9.71. The number of hydrogen-bond donors (Lipinski definition) is 0. The van der Waals surface area contributed by atoms with Gasteiger partial charge >= 0.3 is 0 Å². The van der Waals surface area contributed by atoms with Crippen molar-refractivity contribution >= 4 is 28.6 Å². The lowest BCUT2D eigenvalue weighted by molar-refractivity contribution is 0.626. The molecular formula is C21H15ClFN3S. The smallest absolute Gasteiger partial charge is 0.190 e. The Labute approximate surface area is 165 Å². The van der Waals surface area contributed by atoms with Crippen LogP contribution in [-0.2, 0) is 6.54 Å². The number of nitrogens with zero attached hydrogens (tertiary/aromatic N) is 3. The molecule has 2 aromatic carbocycles. The minimum absolute atomic E-state index is 0.243. The van der Waals surface area contributed by atoms with Gasteiger partial charge in [0.15, 0.2) is 4.80 Å². The van der Waals surface area contributed by atoms with Crippen LogP contribution in [0.25, 0.3) is 11.3 Å². The van der Waals surface area contributed by atoms with Crippen LogP contribution in [0.15, 0.2) is 83.4 Å². The summed E-state index contributed by atoms with van der Waals surface area (Å²) in [6.07, 6.45) is 3.45. The molecule has 0 saturated carbocycles. The van der Waals surface area contributed by atoms with E-state index in [1.807, 2.05) is 36.4 Å². The highest BCUT2D eigenvalue weighted by atomic mass is 35.5. The Morgan fingerprint density at radius 2 is 1.81 bits per heavy atom. The Morgan fingerprint density at radius 1 is 1.04 bits per heavy atom. The van der Waals surface area contributed by atoms with Crippen LogP contribution in [-0.4, -0.2) is 9.55 Å². The summed E-state index contributed by atoms with van der Waals surface area (Å²) >= 11 is 7.58. The normalized spacial score (nSPS) is 11.7. The monoisotopic (exact) mass is 395 g/mol. The van der Waals surface area contributed by atoms with E-state index in [9.17, 15) is 4.39 Å². The van der Waals surface area contributed by atoms with Gasteiger partial charge in [0, 0.05) is 16.6 Å². The quantitative estimate of drug-likeness (QED) is 0.437. The van der Waals surface area contributed by atoms with Gasteiger partial charge in [0.1, 0.15) is 5.82 Å². The van der Waals surface area contributed by atoms with Crippen LogP contribution in [0.5, 0.6) is 0 Å². The van der Waals surface area contributed by atoms with E-state index in [1.165, 1.54) is 12.1 Å². The van der Waals surface area contributed by atoms with E-state index in [0.717, 1.165) is 27.3 Å². The first-order chi connectivity index (χ1) is 13.2. The maximum atomic E-state index is 13.3. The van der Waals surface area contributed by atoms with Crippen LogP contribution in [0.3, 0.4) is 0 Å². The van der Waals surface area contributed by atoms with Crippen LogP contribution in [0, 0.1) is 5.82 Å². The van der Waals surface area contributed by atoms with Crippen molar-refractivity contribution in [3.63, 3.8) is 0 Å². The molecule has 0 bridgehead atoms. The van der Waals surface area contributed by atoms with Crippen LogP contribution < -0.4 is 4.80 Å². The maximum Gasteiger partial charge on any atom is 0.190 e. The van der Waals surface area contributed by atoms with E-state index in [2.05, 4.69) is 14.9 Å². The van der Waals surface area contributed by atoms with Crippen molar-refractivity contribution in [3.05, 3.63) is 99.6 Å². The Hall–Kier alpha value is -2.76. The highest BCUT2D eigenvalue weighted by Crippen LogP contribution is 2.23. The second kappa shape index (κ2) is 7.86. The van der Waals surface area contributed by atoms with Crippen LogP contribution in [0.4, 0.5) is 10.1 Å². The zero-order valence-corrected chi connectivity index (χ0v) is 15.8. The van der Waals surface area contributed by atoms with Crippen LogP contribution >= 0.6 is 22.9 Å². The van der Waals surface area contributed by atoms with Crippen molar-refractivity contribution in [2.45, 2.75) is 6.54 Å². The van der Waals surface area contributed by atoms with Gasteiger partial charge in [-0.15, -0.1) is 11.3 Å². The molecule has 0 aliphatic rings. The number of thiazole rings is 1. The van der Waals surface area contributed by atoms with Crippen molar-refractivity contribution in [3.8, 4) is 11.3 Å². The summed E-state index contributed by atoms with van der Waals surface area (Å²) in [7, 11) is 0. The fourth-order valence-electron chi connectivity index (χ4n) is 2.73. The summed E-state index contributed by atoms with van der Waals surface area (Å²) in [5, 5.41) is 2.77. The highest BCUT2D eigenvalue weighted by Gasteiger charge is 2.09. The van der Waals surface area contributed by atoms with Crippen LogP contribution in [0.1, 0.15) is 5.56 Å². The fourth-order valence-corrected chi connectivity index (χ4v) is 3.78. The Kier molecular flexibility index (Phi) is 5.14. The van der Waals surface area contributed by atoms with Crippen molar-refractivity contribution in [1.29, 1.82) is 0 Å². The third-order valence-corrected chi connectivity index (χ3v) is 5.18. The lowest BCUT2D eigenvalue weighted by Gasteiger charge is -2.10. The molecule has 0 unspecified atom stereocenters. The molecule has 4 rings (SSSR count). The summed E-state index contributed by atoms with van der Waals surface area (Å²) < 4.78 is 15.4. The molecule has 0 spiro atoms. The molecule has 0 atom stereocenters. The molecule has 27 heavy (non-hydrogen) atoms. The molecule has 0 amide bonds. The van der Waals surface area contributed by atoms with Gasteiger partial charge in [0.05, 0.1) is 24.1 Å². The molecule has 3 nitrogen and oxygen atoms in total. The molecule has 4 aromatic rings. The molecule has 134 valence electrons. The number of rotatable bonds is 4. The minimum atomic E-state index is -0.243. The lowest BCUT2D eigenvalue weighted by Crippen LogP contribution is -2.16. The van der Waals surface area contributed by atoms with Crippen molar-refractivity contribution in [1.82, 2.24) is 9.55 Å². The van der Waals surface area contributed by atoms with E-state index >= 15 is 0 Å². The highest BCUT2D eigenvalue weighted by molar-refractivity contribution is 7.07. The molecule has 6 heteroatoms. The molecular weight excluding hydrogens is 381 g/mol. The summed E-state index contributed by atoms with van der Waals surface area (Å²) in [6.45, 7) is 0.584. The largest absolute Gasteiger partial charge is 0.312 e. The fraction of sp³-hybridized carbons (Fsp3) is 0.0476. The summed E-state index contributed by atoms with van der Waals surface area (Å²) in [5.74, 6) is -0.243. The Morgan fingerprint density at radius 3 is 2.52 bits per heavy atom. The number of hydrogen-bond acceptors (Lipinski definition) is 3. The lowest BCUT2D eigenvalue weighted by atomic mass is 10.1. The predicted octanol–water partition coefficient (Wildman–Crippen LogP) is 5.68. The molecule has 0 aliphatic carbocycles. The van der Waals surface area contributed by atoms with Gasteiger partial charge in [0.25, 0.3) is 0 Å². The summed E-state index contributed by atoms with van der Waals surface area (Å²) in [6, 6.07) is 18.0. The predicted molar refractivity (Wildman–Crippen MR) is 108 cm³/mol. The molecule has 2 aromatic heterocycles. The van der Waals surface area contributed by atoms with Crippen molar-refractivity contribution < 1.29 is 4.39 Å². The first-order valence-corrected chi connectivity index (χ1v) is 9.58. The zero-order chi connectivity index (χ0) is 18.6. The average Bonchev–Trinajstić information content (AvgIpc) is 3.07. The molecule has 0 aliphatic heterocycles. The first kappa shape index (κ1) is 17.6. The number of halogens is 2. The SMILES string of the molecule is Fc1ccc(Cn2c(-c3ccc(Cl)cc3)csc2=Nc2cccnc2)cc1. The van der Waals surface area contributed by atoms with E-state index in [-0.39, 0.29) is 5.82 Å². The van der Waals surface area contributed by atoms with Gasteiger partial charge in [0.2, 0.25) is 0 Å². The molecule has 0 radical (unpaired) electrons. The van der Waals surface area contributed by atoms with E-state index in [0.29, 0.717) is 11.6 Å². The number of benzene rings is 2. The van der Waals surface area contributed by atoms with Gasteiger partial charge in [-0.3, -0.25) is 4.98 Å². The zero-order valence-electron chi connectivity index (χ0n) is 14.2. The van der Waals surface area contributed by atoms with Gasteiger partial charge in [-0.25, -0.2) is 9.38 Å². The van der Waals surface area contributed by atoms with Gasteiger partial charge < -0.3 is 4.57 Å². The van der Waals surface area contributed by atoms with Gasteiger partial charge in [-0.1, -0.05) is 35.9 Å². The van der Waals surface area contributed by atoms with E-state index in [1.54, 1.807) is 35.9 Å². The van der Waals surface area contributed by atoms with Gasteiger partial charge in [-0.05, 0) is 47.5 Å². The van der Waals surface area contributed by atoms with E-state index in [4.69, 9.17) is 16.6 Å². The minimum Gasteiger partial charge on any atom is -0.312 e. The third-order valence-electron chi connectivity index (χ3n) is 4.06. The standard InChI is InChI=1S/C21H15ClFN3S/c22-17-7-5-16(6-8-17)20-14-27-21(25-19-2-1-11-24-12-19)26(20)13-15-3-9-18(23)10-4-15/h1-12,14H,13H2. The molecule has 0 saturated heterocycles. The Balaban J connectivity index is 1.83. The van der Waals surface area contributed by atoms with Crippen molar-refractivity contribution in [2.75, 3.05) is 0 Å². The van der Waals surface area contributed by atoms with Crippen LogP contribution in [0.2, 0.25) is 5.02 Å². The topological polar surface area (TPSA) is 30.2 Å². The van der Waals surface area contributed by atoms with Crippen molar-refractivity contribution in [2.24, 2.45) is 4.99 Å². The average molecular weight is 396 g/mol. The molecule has 2 heterocycles. The third kappa shape index (κ3) is 4.15. The molecule has 0 fully saturated rings. The number of pyridine rings is 1. The van der Waals surface area contributed by atoms with Gasteiger partial charge in [-0.2, -0.15) is 0 Å². The molecule has 0 N–H and O–H groups in total. The number of aromatic nitrogens is 2.